The van der Waals surface area contributed by atoms with Gasteiger partial charge in [0, 0.05) is 19.0 Å². The van der Waals surface area contributed by atoms with Crippen LogP contribution >= 0.6 is 0 Å². The first-order valence-electron chi connectivity index (χ1n) is 12.5. The van der Waals surface area contributed by atoms with Gasteiger partial charge in [0.1, 0.15) is 12.6 Å². The highest BCUT2D eigenvalue weighted by atomic mass is 16.5. The summed E-state index contributed by atoms with van der Waals surface area (Å²) in [4.78, 5) is 39.2. The van der Waals surface area contributed by atoms with Crippen molar-refractivity contribution in [2.75, 3.05) is 13.7 Å². The van der Waals surface area contributed by atoms with Crippen LogP contribution in [0, 0.1) is 17.8 Å². The molecule has 0 spiro atoms. The number of fused-ring (bicyclic) bond motifs is 5. The molecule has 0 aliphatic heterocycles. The van der Waals surface area contributed by atoms with Crippen LogP contribution in [0.4, 0.5) is 4.79 Å². The Balaban J connectivity index is 1.27. The molecule has 2 amide bonds. The lowest BCUT2D eigenvalue weighted by molar-refractivity contribution is -0.152. The van der Waals surface area contributed by atoms with Crippen LogP contribution in [0.3, 0.4) is 0 Å². The predicted octanol–water partition coefficient (Wildman–Crippen LogP) is 4.26. The van der Waals surface area contributed by atoms with Crippen molar-refractivity contribution in [2.45, 2.75) is 50.6 Å². The molecule has 3 aliphatic rings. The van der Waals surface area contributed by atoms with Crippen molar-refractivity contribution in [1.29, 1.82) is 0 Å². The molecular weight excluding hydrogens is 444 g/mol. The standard InChI is InChI=1S/C28H32N2O5/c1-3-23(27(32)33)30(2)26(31)24-16-12-13-17(14-16)25(24)29-28(34)35-15-22-20-10-6-4-8-18(20)19-9-5-7-11-21(19)22/h4-11,16-17,22-25H,3,12-15H2,1-2H3,(H,29,34)(H,32,33). The third kappa shape index (κ3) is 4.07. The maximum absolute atomic E-state index is 13.3. The maximum atomic E-state index is 13.3. The Kier molecular flexibility index (Phi) is 6.26. The van der Waals surface area contributed by atoms with Crippen molar-refractivity contribution < 1.29 is 24.2 Å². The van der Waals surface area contributed by atoms with Crippen LogP contribution < -0.4 is 5.32 Å². The molecule has 2 aromatic rings. The van der Waals surface area contributed by atoms with Gasteiger partial charge in [-0.3, -0.25) is 4.79 Å². The molecule has 0 saturated heterocycles. The quantitative estimate of drug-likeness (QED) is 0.623. The van der Waals surface area contributed by atoms with Crippen LogP contribution in [0.15, 0.2) is 48.5 Å². The topological polar surface area (TPSA) is 95.9 Å². The number of nitrogens with zero attached hydrogens (tertiary/aromatic N) is 1. The molecule has 184 valence electrons. The maximum Gasteiger partial charge on any atom is 0.407 e. The SMILES string of the molecule is CCC(C(=O)O)N(C)C(=O)C1C2CCC(C2)C1NC(=O)OCC1c2ccccc2-c2ccccc21. The van der Waals surface area contributed by atoms with E-state index < -0.39 is 24.0 Å². The Morgan fingerprint density at radius 2 is 1.63 bits per heavy atom. The minimum absolute atomic E-state index is 0.0300. The summed E-state index contributed by atoms with van der Waals surface area (Å²) in [6, 6.07) is 15.2. The molecular formula is C28H32N2O5. The number of carbonyl (C=O) groups is 3. The Morgan fingerprint density at radius 1 is 1.03 bits per heavy atom. The average molecular weight is 477 g/mol. The van der Waals surface area contributed by atoms with Crippen molar-refractivity contribution in [2.24, 2.45) is 17.8 Å². The normalized spacial score (nSPS) is 25.0. The molecule has 2 aromatic carbocycles. The van der Waals surface area contributed by atoms with Crippen LogP contribution in [-0.2, 0) is 14.3 Å². The lowest BCUT2D eigenvalue weighted by Gasteiger charge is -2.35. The van der Waals surface area contributed by atoms with E-state index in [4.69, 9.17) is 4.74 Å². The van der Waals surface area contributed by atoms with Crippen LogP contribution in [0.1, 0.15) is 49.7 Å². The van der Waals surface area contributed by atoms with Crippen LogP contribution in [0.2, 0.25) is 0 Å². The summed E-state index contributed by atoms with van der Waals surface area (Å²) in [5.41, 5.74) is 4.64. The molecule has 5 atom stereocenters. The first kappa shape index (κ1) is 23.4. The smallest absolute Gasteiger partial charge is 0.407 e. The van der Waals surface area contributed by atoms with Crippen LogP contribution in [-0.4, -0.2) is 53.7 Å². The van der Waals surface area contributed by atoms with Gasteiger partial charge < -0.3 is 20.1 Å². The Bertz CT molecular complexity index is 1100. The van der Waals surface area contributed by atoms with E-state index in [9.17, 15) is 19.5 Å². The summed E-state index contributed by atoms with van der Waals surface area (Å²) < 4.78 is 5.74. The molecule has 2 N–H and O–H groups in total. The minimum atomic E-state index is -1.01. The molecule has 0 radical (unpaired) electrons. The molecule has 35 heavy (non-hydrogen) atoms. The number of rotatable bonds is 7. The largest absolute Gasteiger partial charge is 0.480 e. The van der Waals surface area contributed by atoms with E-state index >= 15 is 0 Å². The number of carboxylic acids is 1. The average Bonchev–Trinajstić information content (AvgIpc) is 3.54. The monoisotopic (exact) mass is 476 g/mol. The number of nitrogens with one attached hydrogen (secondary N) is 1. The highest BCUT2D eigenvalue weighted by Gasteiger charge is 2.53. The van der Waals surface area contributed by atoms with Gasteiger partial charge in [-0.15, -0.1) is 0 Å². The minimum Gasteiger partial charge on any atom is -0.480 e. The van der Waals surface area contributed by atoms with Gasteiger partial charge >= 0.3 is 12.1 Å². The molecule has 2 fully saturated rings. The fourth-order valence-corrected chi connectivity index (χ4v) is 6.63. The van der Waals surface area contributed by atoms with Crippen molar-refractivity contribution in [3.63, 3.8) is 0 Å². The Hall–Kier alpha value is -3.35. The number of aliphatic carboxylic acids is 1. The van der Waals surface area contributed by atoms with E-state index in [1.165, 1.54) is 16.0 Å². The first-order chi connectivity index (χ1) is 16.9. The Labute approximate surface area is 205 Å². The van der Waals surface area contributed by atoms with E-state index in [1.807, 2.05) is 24.3 Å². The number of amides is 2. The zero-order valence-electron chi connectivity index (χ0n) is 20.1. The van der Waals surface area contributed by atoms with E-state index in [1.54, 1.807) is 14.0 Å². The molecule has 7 nitrogen and oxygen atoms in total. The zero-order chi connectivity index (χ0) is 24.7. The number of hydrogen-bond acceptors (Lipinski definition) is 4. The van der Waals surface area contributed by atoms with Crippen LogP contribution in [0.25, 0.3) is 11.1 Å². The molecule has 5 unspecified atom stereocenters. The molecule has 2 saturated carbocycles. The number of likely N-dealkylation sites (N-methyl/N-ethyl adjacent to an activating group) is 1. The molecule has 7 heteroatoms. The summed E-state index contributed by atoms with van der Waals surface area (Å²) in [6.07, 6.45) is 2.59. The van der Waals surface area contributed by atoms with E-state index in [0.29, 0.717) is 6.42 Å². The van der Waals surface area contributed by atoms with Crippen molar-refractivity contribution >= 4 is 18.0 Å². The Morgan fingerprint density at radius 3 is 2.23 bits per heavy atom. The number of benzene rings is 2. The zero-order valence-corrected chi connectivity index (χ0v) is 20.1. The van der Waals surface area contributed by atoms with Gasteiger partial charge in [0.25, 0.3) is 0 Å². The summed E-state index contributed by atoms with van der Waals surface area (Å²) in [5.74, 6) is -1.26. The van der Waals surface area contributed by atoms with Gasteiger partial charge in [-0.25, -0.2) is 9.59 Å². The fraction of sp³-hybridized carbons (Fsp3) is 0.464. The number of ether oxygens (including phenoxy) is 1. The summed E-state index contributed by atoms with van der Waals surface area (Å²) in [6.45, 7) is 1.98. The van der Waals surface area contributed by atoms with Gasteiger partial charge in [0.2, 0.25) is 5.91 Å². The van der Waals surface area contributed by atoms with Gasteiger partial charge in [-0.05, 0) is 59.8 Å². The summed E-state index contributed by atoms with van der Waals surface area (Å²) >= 11 is 0. The van der Waals surface area contributed by atoms with Gasteiger partial charge in [-0.2, -0.15) is 0 Å². The van der Waals surface area contributed by atoms with E-state index in [-0.39, 0.29) is 36.3 Å². The van der Waals surface area contributed by atoms with Gasteiger partial charge in [0.05, 0.1) is 5.92 Å². The fourth-order valence-electron chi connectivity index (χ4n) is 6.63. The molecule has 0 heterocycles. The molecule has 5 rings (SSSR count). The second-order valence-corrected chi connectivity index (χ2v) is 10.1. The number of carboxylic acid groups (broad SMARTS) is 1. The molecule has 0 aromatic heterocycles. The van der Waals surface area contributed by atoms with Gasteiger partial charge in [0.15, 0.2) is 0 Å². The van der Waals surface area contributed by atoms with Crippen molar-refractivity contribution in [3.8, 4) is 11.1 Å². The highest BCUT2D eigenvalue weighted by Crippen LogP contribution is 2.49. The summed E-state index contributed by atoms with van der Waals surface area (Å²) in [7, 11) is 1.56. The summed E-state index contributed by atoms with van der Waals surface area (Å²) in [5, 5.41) is 12.5. The van der Waals surface area contributed by atoms with E-state index in [2.05, 4.69) is 29.6 Å². The lowest BCUT2D eigenvalue weighted by Crippen LogP contribution is -2.53. The van der Waals surface area contributed by atoms with Crippen LogP contribution in [0.5, 0.6) is 0 Å². The highest BCUT2D eigenvalue weighted by molar-refractivity contribution is 5.86. The predicted molar refractivity (Wildman–Crippen MR) is 131 cm³/mol. The number of carbonyl (C=O) groups excluding carboxylic acids is 2. The first-order valence-corrected chi connectivity index (χ1v) is 12.5. The van der Waals surface area contributed by atoms with Crippen molar-refractivity contribution in [1.82, 2.24) is 10.2 Å². The van der Waals surface area contributed by atoms with Gasteiger partial charge in [-0.1, -0.05) is 55.5 Å². The second-order valence-electron chi connectivity index (χ2n) is 10.1. The molecule has 3 aliphatic carbocycles. The third-order valence-corrected chi connectivity index (χ3v) is 8.32. The van der Waals surface area contributed by atoms with Crippen molar-refractivity contribution in [3.05, 3.63) is 59.7 Å². The third-order valence-electron chi connectivity index (χ3n) is 8.32. The second kappa shape index (κ2) is 9.36. The number of hydrogen-bond donors (Lipinski definition) is 2. The number of alkyl carbamates (subject to hydrolysis) is 1. The lowest BCUT2D eigenvalue weighted by atomic mass is 9.83. The molecule has 2 bridgehead atoms. The van der Waals surface area contributed by atoms with E-state index in [0.717, 1.165) is 30.4 Å².